The average molecular weight is 315 g/mol. The first-order valence-electron chi connectivity index (χ1n) is 7.49. The van der Waals surface area contributed by atoms with Gasteiger partial charge in [-0.1, -0.05) is 30.3 Å². The minimum atomic E-state index is -3.34. The Labute approximate surface area is 130 Å². The van der Waals surface area contributed by atoms with Crippen LogP contribution in [0.25, 0.3) is 0 Å². The van der Waals surface area contributed by atoms with Gasteiger partial charge in [-0.2, -0.15) is 4.31 Å². The summed E-state index contributed by atoms with van der Waals surface area (Å²) in [6.07, 6.45) is 5.78. The molecule has 5 nitrogen and oxygen atoms in total. The number of sulfonamides is 1. The smallest absolute Gasteiger partial charge is 0.219 e. The second kappa shape index (κ2) is 5.14. The average Bonchev–Trinajstić information content (AvgIpc) is 2.85. The third-order valence-corrected chi connectivity index (χ3v) is 6.46. The largest absolute Gasteiger partial charge is 0.244 e. The van der Waals surface area contributed by atoms with Gasteiger partial charge in [0, 0.05) is 24.2 Å². The van der Waals surface area contributed by atoms with Gasteiger partial charge in [-0.05, 0) is 18.4 Å². The van der Waals surface area contributed by atoms with E-state index >= 15 is 0 Å². The minimum absolute atomic E-state index is 0.0427. The van der Waals surface area contributed by atoms with Crippen LogP contribution in [0, 0.1) is 0 Å². The van der Waals surface area contributed by atoms with Gasteiger partial charge >= 0.3 is 0 Å². The van der Waals surface area contributed by atoms with Crippen molar-refractivity contribution in [2.24, 2.45) is 0 Å². The molecule has 0 spiro atoms. The van der Waals surface area contributed by atoms with Crippen LogP contribution in [0.4, 0.5) is 0 Å². The molecule has 0 amide bonds. The van der Waals surface area contributed by atoms with Crippen molar-refractivity contribution in [2.45, 2.75) is 37.1 Å². The van der Waals surface area contributed by atoms with Crippen molar-refractivity contribution in [1.82, 2.24) is 14.3 Å². The maximum atomic E-state index is 12.9. The van der Waals surface area contributed by atoms with E-state index in [2.05, 4.69) is 9.97 Å². The zero-order valence-corrected chi connectivity index (χ0v) is 12.9. The maximum Gasteiger partial charge on any atom is 0.219 e. The van der Waals surface area contributed by atoms with Crippen LogP contribution in [0.5, 0.6) is 0 Å². The summed E-state index contributed by atoms with van der Waals surface area (Å²) < 4.78 is 27.5. The van der Waals surface area contributed by atoms with Crippen LogP contribution in [0.3, 0.4) is 0 Å². The van der Waals surface area contributed by atoms with Gasteiger partial charge in [-0.15, -0.1) is 0 Å². The quantitative estimate of drug-likeness (QED) is 0.870. The summed E-state index contributed by atoms with van der Waals surface area (Å²) in [5, 5.41) is 0. The number of benzene rings is 1. The molecule has 0 N–H and O–H groups in total. The fraction of sp³-hybridized carbons (Fsp3) is 0.375. The van der Waals surface area contributed by atoms with Gasteiger partial charge in [-0.25, -0.2) is 18.4 Å². The van der Waals surface area contributed by atoms with E-state index in [1.165, 1.54) is 0 Å². The van der Waals surface area contributed by atoms with E-state index in [9.17, 15) is 8.42 Å². The molecule has 1 fully saturated rings. The number of aromatic nitrogens is 2. The Kier molecular flexibility index (Phi) is 3.23. The van der Waals surface area contributed by atoms with E-state index in [4.69, 9.17) is 0 Å². The topological polar surface area (TPSA) is 63.2 Å². The Hall–Kier alpha value is -1.79. The minimum Gasteiger partial charge on any atom is -0.244 e. The first kappa shape index (κ1) is 13.8. The summed E-state index contributed by atoms with van der Waals surface area (Å²) in [5.41, 5.74) is 2.82. The van der Waals surface area contributed by atoms with Crippen molar-refractivity contribution in [3.63, 3.8) is 0 Å². The number of rotatable bonds is 3. The predicted molar refractivity (Wildman–Crippen MR) is 82.4 cm³/mol. The van der Waals surface area contributed by atoms with Gasteiger partial charge in [0.2, 0.25) is 10.0 Å². The van der Waals surface area contributed by atoms with Crippen LogP contribution in [0.1, 0.15) is 35.7 Å². The molecule has 114 valence electrons. The predicted octanol–water partition coefficient (Wildman–Crippen LogP) is 2.07. The maximum absolute atomic E-state index is 12.9. The Morgan fingerprint density at radius 3 is 2.82 bits per heavy atom. The number of hydrogen-bond acceptors (Lipinski definition) is 4. The molecule has 2 atom stereocenters. The van der Waals surface area contributed by atoms with Crippen LogP contribution < -0.4 is 0 Å². The SMILES string of the molecule is O=S(=O)(Cc1ccccc1)N1C2CCC1c1cncnc1C2. The summed E-state index contributed by atoms with van der Waals surface area (Å²) in [5.74, 6) is 0.0594. The zero-order chi connectivity index (χ0) is 15.2. The highest BCUT2D eigenvalue weighted by atomic mass is 32.2. The van der Waals surface area contributed by atoms with E-state index < -0.39 is 10.0 Å². The molecular formula is C16H17N3O2S. The molecule has 2 aliphatic heterocycles. The summed E-state index contributed by atoms with van der Waals surface area (Å²) in [6.45, 7) is 0. The fourth-order valence-electron chi connectivity index (χ4n) is 3.66. The van der Waals surface area contributed by atoms with E-state index in [0.717, 1.165) is 29.7 Å². The van der Waals surface area contributed by atoms with Gasteiger partial charge < -0.3 is 0 Å². The first-order valence-corrected chi connectivity index (χ1v) is 9.10. The van der Waals surface area contributed by atoms with Gasteiger partial charge in [0.05, 0.1) is 17.5 Å². The van der Waals surface area contributed by atoms with Gasteiger partial charge in [0.25, 0.3) is 0 Å². The lowest BCUT2D eigenvalue weighted by atomic mass is 10.0. The molecule has 2 aromatic rings. The van der Waals surface area contributed by atoms with Crippen LogP contribution in [-0.2, 0) is 22.2 Å². The summed E-state index contributed by atoms with van der Waals surface area (Å²) in [4.78, 5) is 8.41. The molecule has 0 radical (unpaired) electrons. The van der Waals surface area contributed by atoms with Crippen LogP contribution in [0.2, 0.25) is 0 Å². The molecule has 0 saturated carbocycles. The third kappa shape index (κ3) is 2.23. The highest BCUT2D eigenvalue weighted by Gasteiger charge is 2.46. The van der Waals surface area contributed by atoms with Gasteiger partial charge in [0.1, 0.15) is 6.33 Å². The van der Waals surface area contributed by atoms with Gasteiger partial charge in [-0.3, -0.25) is 0 Å². The monoisotopic (exact) mass is 315 g/mol. The second-order valence-corrected chi connectivity index (χ2v) is 7.82. The van der Waals surface area contributed by atoms with Crippen molar-refractivity contribution >= 4 is 10.0 Å². The van der Waals surface area contributed by atoms with Crippen LogP contribution in [-0.4, -0.2) is 28.7 Å². The molecule has 1 aromatic heterocycles. The van der Waals surface area contributed by atoms with Gasteiger partial charge in [0.15, 0.2) is 0 Å². The Balaban J connectivity index is 1.69. The number of fused-ring (bicyclic) bond motifs is 4. The van der Waals surface area contributed by atoms with Crippen molar-refractivity contribution in [1.29, 1.82) is 0 Å². The zero-order valence-electron chi connectivity index (χ0n) is 12.1. The highest BCUT2D eigenvalue weighted by molar-refractivity contribution is 7.88. The molecule has 6 heteroatoms. The fourth-order valence-corrected chi connectivity index (χ4v) is 5.67. The molecule has 2 aliphatic rings. The van der Waals surface area contributed by atoms with Crippen LogP contribution in [0.15, 0.2) is 42.9 Å². The molecule has 22 heavy (non-hydrogen) atoms. The second-order valence-electron chi connectivity index (χ2n) is 5.95. The van der Waals surface area contributed by atoms with Crippen molar-refractivity contribution in [2.75, 3.05) is 0 Å². The summed E-state index contributed by atoms with van der Waals surface area (Å²) in [6, 6.07) is 9.32. The van der Waals surface area contributed by atoms with Crippen molar-refractivity contribution < 1.29 is 8.42 Å². The molecular weight excluding hydrogens is 298 g/mol. The summed E-state index contributed by atoms with van der Waals surface area (Å²) >= 11 is 0. The van der Waals surface area contributed by atoms with Crippen molar-refractivity contribution in [3.05, 3.63) is 59.7 Å². The third-order valence-electron chi connectivity index (χ3n) is 4.57. The summed E-state index contributed by atoms with van der Waals surface area (Å²) in [7, 11) is -3.34. The Bertz CT molecular complexity index is 792. The molecule has 2 unspecified atom stereocenters. The molecule has 2 bridgehead atoms. The van der Waals surface area contributed by atoms with Crippen molar-refractivity contribution in [3.8, 4) is 0 Å². The first-order chi connectivity index (χ1) is 10.6. The lowest BCUT2D eigenvalue weighted by Crippen LogP contribution is -2.42. The molecule has 0 aliphatic carbocycles. The van der Waals surface area contributed by atoms with E-state index in [1.54, 1.807) is 16.8 Å². The standard InChI is InChI=1S/C16H17N3O2S/c20-22(21,10-12-4-2-1-3-5-12)19-13-6-7-16(19)14-9-17-11-18-15(14)8-13/h1-5,9,11,13,16H,6-8,10H2. The Morgan fingerprint density at radius 1 is 1.18 bits per heavy atom. The molecule has 1 aromatic carbocycles. The highest BCUT2D eigenvalue weighted by Crippen LogP contribution is 2.44. The lowest BCUT2D eigenvalue weighted by molar-refractivity contribution is 0.300. The lowest BCUT2D eigenvalue weighted by Gasteiger charge is -2.34. The molecule has 3 heterocycles. The normalized spacial score (nSPS) is 24.2. The Morgan fingerprint density at radius 2 is 2.00 bits per heavy atom. The van der Waals surface area contributed by atoms with E-state index in [1.807, 2.05) is 30.3 Å². The van der Waals surface area contributed by atoms with Crippen LogP contribution >= 0.6 is 0 Å². The number of hydrogen-bond donors (Lipinski definition) is 0. The van der Waals surface area contributed by atoms with E-state index in [-0.39, 0.29) is 17.8 Å². The van der Waals surface area contributed by atoms with E-state index in [0.29, 0.717) is 6.42 Å². The number of nitrogens with zero attached hydrogens (tertiary/aromatic N) is 3. The molecule has 4 rings (SSSR count). The molecule has 1 saturated heterocycles.